The van der Waals surface area contributed by atoms with Crippen LogP contribution in [-0.2, 0) is 41.9 Å². The minimum absolute atomic E-state index is 0.173. The number of hydrogen-bond donors (Lipinski definition) is 3. The van der Waals surface area contributed by atoms with E-state index in [2.05, 4.69) is 93.3 Å². The maximum absolute atomic E-state index is 13.5. The fourth-order valence-corrected chi connectivity index (χ4v) is 14.4. The summed E-state index contributed by atoms with van der Waals surface area (Å²) in [6.07, 6.45) is 4.05. The number of ether oxygens (including phenoxy) is 5. The number of fused-ring (bicyclic) bond motifs is 12. The molecule has 6 fully saturated rings. The van der Waals surface area contributed by atoms with Gasteiger partial charge in [0, 0.05) is 45.2 Å². The highest BCUT2D eigenvalue weighted by Crippen LogP contribution is 2.76. The number of H-pyrrole nitrogens is 1. The van der Waals surface area contributed by atoms with Crippen molar-refractivity contribution in [2.75, 3.05) is 0 Å². The third-order valence-electron chi connectivity index (χ3n) is 17.3. The molecule has 8 aliphatic rings. The second-order valence-corrected chi connectivity index (χ2v) is 20.8. The molecule has 280 valence electrons. The van der Waals surface area contributed by atoms with Crippen molar-refractivity contribution in [2.45, 2.75) is 191 Å². The van der Waals surface area contributed by atoms with Gasteiger partial charge >= 0.3 is 0 Å². The SMILES string of the molecule is CC(C)C[C@H]1O[C@H]2[C@H]3O[C@@]34C(CC[C@@]3(C)[C@@]4(O)CCC4Cc5c([nH]c6ccc7c(c56)CC5C(C)(C)OC(C)(C)C5(C)[C@H]7O)[C@@]43C)O[C@@H]2C(C)(C)O1. The molecule has 3 N–H and O–H groups in total. The van der Waals surface area contributed by atoms with Crippen LogP contribution in [0, 0.1) is 28.6 Å². The fraction of sp³-hybridized carbons (Fsp3) is 0.814. The highest BCUT2D eigenvalue weighted by molar-refractivity contribution is 5.91. The first-order valence-electron chi connectivity index (χ1n) is 20.1. The Bertz CT molecular complexity index is 1850. The second-order valence-electron chi connectivity index (χ2n) is 20.8. The van der Waals surface area contributed by atoms with Crippen molar-refractivity contribution < 1.29 is 33.9 Å². The predicted octanol–water partition coefficient (Wildman–Crippen LogP) is 7.19. The number of epoxide rings is 1. The van der Waals surface area contributed by atoms with Crippen LogP contribution in [0.2, 0.25) is 0 Å². The lowest BCUT2D eigenvalue weighted by Crippen LogP contribution is -2.77. The van der Waals surface area contributed by atoms with Crippen LogP contribution < -0.4 is 0 Å². The molecule has 51 heavy (non-hydrogen) atoms. The van der Waals surface area contributed by atoms with E-state index < -0.39 is 39.3 Å². The zero-order valence-electron chi connectivity index (χ0n) is 32.7. The summed E-state index contributed by atoms with van der Waals surface area (Å²) in [5.41, 5.74) is 1.77. The molecule has 13 atom stereocenters. The molecule has 1 aromatic heterocycles. The van der Waals surface area contributed by atoms with Gasteiger partial charge in [-0.3, -0.25) is 0 Å². The molecule has 5 heterocycles. The van der Waals surface area contributed by atoms with E-state index in [-0.39, 0.29) is 47.6 Å². The van der Waals surface area contributed by atoms with Crippen molar-refractivity contribution in [2.24, 2.45) is 28.6 Å². The Morgan fingerprint density at radius 3 is 2.33 bits per heavy atom. The molecule has 2 saturated carbocycles. The van der Waals surface area contributed by atoms with Crippen LogP contribution in [-0.4, -0.2) is 73.9 Å². The molecule has 10 rings (SSSR count). The first kappa shape index (κ1) is 34.0. The largest absolute Gasteiger partial charge is 0.388 e. The lowest BCUT2D eigenvalue weighted by atomic mass is 9.40. The number of aliphatic hydroxyl groups excluding tert-OH is 1. The van der Waals surface area contributed by atoms with E-state index in [9.17, 15) is 10.2 Å². The van der Waals surface area contributed by atoms with Crippen LogP contribution in [0.25, 0.3) is 10.9 Å². The number of aliphatic hydroxyl groups is 2. The lowest BCUT2D eigenvalue weighted by molar-refractivity contribution is -0.355. The Morgan fingerprint density at radius 1 is 0.863 bits per heavy atom. The highest BCUT2D eigenvalue weighted by atomic mass is 16.8. The van der Waals surface area contributed by atoms with Gasteiger partial charge in [-0.2, -0.15) is 0 Å². The number of aromatic amines is 1. The molecule has 1 aromatic carbocycles. The van der Waals surface area contributed by atoms with Gasteiger partial charge in [0.25, 0.3) is 0 Å². The van der Waals surface area contributed by atoms with Crippen molar-refractivity contribution in [1.82, 2.24) is 4.98 Å². The van der Waals surface area contributed by atoms with E-state index in [0.29, 0.717) is 18.3 Å². The molecule has 1 spiro atoms. The summed E-state index contributed by atoms with van der Waals surface area (Å²) >= 11 is 0. The Labute approximate surface area is 303 Å². The molecule has 0 radical (unpaired) electrons. The van der Waals surface area contributed by atoms with Gasteiger partial charge in [0.05, 0.1) is 29.0 Å². The monoisotopic (exact) mass is 703 g/mol. The summed E-state index contributed by atoms with van der Waals surface area (Å²) in [4.78, 5) is 4.00. The van der Waals surface area contributed by atoms with Crippen molar-refractivity contribution in [3.63, 3.8) is 0 Å². The molecule has 0 bridgehead atoms. The third kappa shape index (κ3) is 3.65. The number of hydrogen-bond acceptors (Lipinski definition) is 7. The Balaban J connectivity index is 1.06. The van der Waals surface area contributed by atoms with Crippen molar-refractivity contribution in [3.8, 4) is 0 Å². The standard InChI is InChI=1S/C43H61NO7/c1-21(2)18-29-48-31-34(37(5,6)49-29)47-28-15-16-39(9)40(10)22(14-17-42(39,46)43(28)35(31)50-43)19-25-30-24-20-27-36(3,4)51-38(7,8)41(27,11)33(45)23(24)12-13-26(30)44-32(25)40/h12-13,21-22,27-29,31,33-35,44-46H,14-20H2,1-11H3/t22?,27?,28?,29-,31+,33-,34-,35+,39+,40+,41?,42-,43-/m0/s1. The van der Waals surface area contributed by atoms with Gasteiger partial charge in [0.2, 0.25) is 0 Å². The normalized spacial score (nSPS) is 50.7. The lowest BCUT2D eigenvalue weighted by Gasteiger charge is -2.66. The van der Waals surface area contributed by atoms with Crippen molar-refractivity contribution in [1.29, 1.82) is 0 Å². The van der Waals surface area contributed by atoms with Crippen LogP contribution in [0.15, 0.2) is 12.1 Å². The van der Waals surface area contributed by atoms with Gasteiger partial charge in [-0.05, 0) is 115 Å². The van der Waals surface area contributed by atoms with Gasteiger partial charge in [-0.25, -0.2) is 0 Å². The van der Waals surface area contributed by atoms with Crippen LogP contribution in [0.1, 0.15) is 137 Å². The van der Waals surface area contributed by atoms with E-state index in [1.807, 2.05) is 0 Å². The topological polar surface area (TPSA) is 106 Å². The molecule has 4 saturated heterocycles. The second kappa shape index (κ2) is 9.64. The Morgan fingerprint density at radius 2 is 1.61 bits per heavy atom. The molecule has 2 aromatic rings. The van der Waals surface area contributed by atoms with E-state index >= 15 is 0 Å². The van der Waals surface area contributed by atoms with Gasteiger partial charge in [-0.1, -0.05) is 40.7 Å². The highest BCUT2D eigenvalue weighted by Gasteiger charge is 2.87. The summed E-state index contributed by atoms with van der Waals surface area (Å²) in [6.45, 7) is 24.4. The van der Waals surface area contributed by atoms with E-state index in [0.717, 1.165) is 49.6 Å². The Hall–Kier alpha value is -1.52. The summed E-state index contributed by atoms with van der Waals surface area (Å²) in [5.74, 6) is 0.998. The van der Waals surface area contributed by atoms with Crippen LogP contribution in [0.3, 0.4) is 0 Å². The molecule has 8 nitrogen and oxygen atoms in total. The van der Waals surface area contributed by atoms with Gasteiger partial charge in [-0.15, -0.1) is 0 Å². The summed E-state index contributed by atoms with van der Waals surface area (Å²) in [6, 6.07) is 4.37. The molecule has 0 amide bonds. The zero-order valence-corrected chi connectivity index (χ0v) is 32.7. The molecule has 4 unspecified atom stereocenters. The average molecular weight is 704 g/mol. The van der Waals surface area contributed by atoms with Gasteiger partial charge in [0.1, 0.15) is 23.9 Å². The molecule has 4 aliphatic heterocycles. The van der Waals surface area contributed by atoms with E-state index in [4.69, 9.17) is 23.7 Å². The van der Waals surface area contributed by atoms with Crippen LogP contribution in [0.5, 0.6) is 0 Å². The minimum atomic E-state index is -1.09. The average Bonchev–Trinajstić information content (AvgIpc) is 3.55. The summed E-state index contributed by atoms with van der Waals surface area (Å²) < 4.78 is 33.9. The van der Waals surface area contributed by atoms with Crippen LogP contribution in [0.4, 0.5) is 0 Å². The molecule has 4 aliphatic carbocycles. The van der Waals surface area contributed by atoms with Gasteiger partial charge in [0.15, 0.2) is 11.9 Å². The quantitative estimate of drug-likeness (QED) is 0.285. The zero-order chi connectivity index (χ0) is 36.3. The maximum atomic E-state index is 13.5. The molecular weight excluding hydrogens is 642 g/mol. The third-order valence-corrected chi connectivity index (χ3v) is 17.3. The smallest absolute Gasteiger partial charge is 0.159 e. The van der Waals surface area contributed by atoms with Crippen molar-refractivity contribution in [3.05, 3.63) is 34.5 Å². The fourth-order valence-electron chi connectivity index (χ4n) is 14.4. The summed E-state index contributed by atoms with van der Waals surface area (Å²) in [5, 5.41) is 27.0. The first-order chi connectivity index (χ1) is 23.7. The van der Waals surface area contributed by atoms with Gasteiger partial charge < -0.3 is 38.9 Å². The first-order valence-corrected chi connectivity index (χ1v) is 20.1. The molecule has 8 heteroatoms. The maximum Gasteiger partial charge on any atom is 0.159 e. The summed E-state index contributed by atoms with van der Waals surface area (Å²) in [7, 11) is 0. The van der Waals surface area contributed by atoms with E-state index in [1.54, 1.807) is 0 Å². The number of nitrogens with one attached hydrogen (secondary N) is 1. The number of rotatable bonds is 2. The van der Waals surface area contributed by atoms with E-state index in [1.165, 1.54) is 22.2 Å². The molecular formula is C43H61NO7. The number of aromatic nitrogens is 1. The Kier molecular flexibility index (Phi) is 6.43. The predicted molar refractivity (Wildman–Crippen MR) is 193 cm³/mol. The van der Waals surface area contributed by atoms with Crippen molar-refractivity contribution >= 4 is 10.9 Å². The number of benzene rings is 1. The van der Waals surface area contributed by atoms with Crippen LogP contribution >= 0.6 is 0 Å². The minimum Gasteiger partial charge on any atom is -0.388 e.